The van der Waals surface area contributed by atoms with Crippen LogP contribution in [0.1, 0.15) is 16.1 Å². The first kappa shape index (κ1) is 17.3. The summed E-state index contributed by atoms with van der Waals surface area (Å²) in [6.07, 6.45) is 0. The summed E-state index contributed by atoms with van der Waals surface area (Å²) < 4.78 is 14.0. The number of hydrogen-bond acceptors (Lipinski definition) is 4. The zero-order valence-electron chi connectivity index (χ0n) is 13.8. The molecule has 3 N–H and O–H groups in total. The van der Waals surface area contributed by atoms with E-state index >= 15 is 0 Å². The Kier molecular flexibility index (Phi) is 4.49. The molecule has 2 amide bonds. The number of rotatable bonds is 4. The predicted molar refractivity (Wildman–Crippen MR) is 94.3 cm³/mol. The summed E-state index contributed by atoms with van der Waals surface area (Å²) in [5, 5.41) is 7.08. The normalized spacial score (nSPS) is 10.7. The molecular weight excluding hydrogens is 339 g/mol. The van der Waals surface area contributed by atoms with Gasteiger partial charge in [0.15, 0.2) is 5.69 Å². The van der Waals surface area contributed by atoms with Gasteiger partial charge in [0.1, 0.15) is 12.4 Å². The molecule has 0 radical (unpaired) electrons. The van der Waals surface area contributed by atoms with Crippen molar-refractivity contribution in [1.29, 1.82) is 0 Å². The molecule has 0 unspecified atom stereocenters. The van der Waals surface area contributed by atoms with E-state index in [9.17, 15) is 18.8 Å². The van der Waals surface area contributed by atoms with Crippen LogP contribution in [-0.4, -0.2) is 21.6 Å². The molecule has 0 aliphatic heterocycles. The van der Waals surface area contributed by atoms with Crippen LogP contribution in [-0.2, 0) is 11.3 Å². The van der Waals surface area contributed by atoms with Crippen molar-refractivity contribution in [3.63, 3.8) is 0 Å². The van der Waals surface area contributed by atoms with Crippen LogP contribution in [0.2, 0.25) is 0 Å². The van der Waals surface area contributed by atoms with Gasteiger partial charge in [0, 0.05) is 11.1 Å². The average Bonchev–Trinajstić information content (AvgIpc) is 2.59. The van der Waals surface area contributed by atoms with Crippen LogP contribution >= 0.6 is 0 Å². The Balaban J connectivity index is 1.95. The molecule has 0 saturated heterocycles. The maximum Gasteiger partial charge on any atom is 0.275 e. The second-order valence-corrected chi connectivity index (χ2v) is 5.73. The zero-order chi connectivity index (χ0) is 18.8. The Morgan fingerprint density at radius 2 is 1.88 bits per heavy atom. The second-order valence-electron chi connectivity index (χ2n) is 5.73. The van der Waals surface area contributed by atoms with E-state index in [1.54, 1.807) is 25.1 Å². The third-order valence-corrected chi connectivity index (χ3v) is 3.86. The average molecular weight is 354 g/mol. The highest BCUT2D eigenvalue weighted by Gasteiger charge is 2.16. The lowest BCUT2D eigenvalue weighted by molar-refractivity contribution is -0.117. The summed E-state index contributed by atoms with van der Waals surface area (Å²) in [6, 6.07) is 10.3. The van der Waals surface area contributed by atoms with Gasteiger partial charge in [-0.3, -0.25) is 14.4 Å². The van der Waals surface area contributed by atoms with E-state index in [4.69, 9.17) is 5.73 Å². The number of aryl methyl sites for hydroxylation is 1. The first-order valence-electron chi connectivity index (χ1n) is 7.72. The standard InChI is InChI=1S/C18H15FN4O3/c1-10-8-11(19)6-7-14(10)21-15(24)9-23-18(26)13-5-3-2-4-12(13)16(22-23)17(20)25/h2-8H,9H2,1H3,(H2,20,25)(H,21,24). The van der Waals surface area contributed by atoms with Gasteiger partial charge in [-0.2, -0.15) is 5.10 Å². The van der Waals surface area contributed by atoms with E-state index in [-0.39, 0.29) is 11.1 Å². The summed E-state index contributed by atoms with van der Waals surface area (Å²) in [4.78, 5) is 36.4. The minimum atomic E-state index is -0.801. The highest BCUT2D eigenvalue weighted by Crippen LogP contribution is 2.16. The fourth-order valence-corrected chi connectivity index (χ4v) is 2.62. The molecule has 132 valence electrons. The molecular formula is C18H15FN4O3. The summed E-state index contributed by atoms with van der Waals surface area (Å²) >= 11 is 0. The van der Waals surface area contributed by atoms with Crippen LogP contribution in [0.4, 0.5) is 10.1 Å². The molecule has 0 bridgehead atoms. The van der Waals surface area contributed by atoms with Crippen molar-refractivity contribution in [2.24, 2.45) is 5.73 Å². The lowest BCUT2D eigenvalue weighted by atomic mass is 10.1. The maximum absolute atomic E-state index is 13.1. The largest absolute Gasteiger partial charge is 0.364 e. The number of nitrogens with one attached hydrogen (secondary N) is 1. The van der Waals surface area contributed by atoms with E-state index in [0.29, 0.717) is 16.6 Å². The van der Waals surface area contributed by atoms with Gasteiger partial charge in [0.2, 0.25) is 5.91 Å². The number of carbonyl (C=O) groups excluding carboxylic acids is 2. The molecule has 0 aliphatic carbocycles. The number of primary amides is 1. The van der Waals surface area contributed by atoms with Crippen LogP contribution in [0.25, 0.3) is 10.8 Å². The molecule has 1 aromatic heterocycles. The first-order valence-corrected chi connectivity index (χ1v) is 7.72. The van der Waals surface area contributed by atoms with Crippen LogP contribution in [0.5, 0.6) is 0 Å². The first-order chi connectivity index (χ1) is 12.4. The summed E-state index contributed by atoms with van der Waals surface area (Å²) in [5.41, 5.74) is 5.68. The molecule has 0 spiro atoms. The predicted octanol–water partition coefficient (Wildman–Crippen LogP) is 1.58. The third kappa shape index (κ3) is 3.30. The number of anilines is 1. The van der Waals surface area contributed by atoms with Gasteiger partial charge in [-0.25, -0.2) is 9.07 Å². The van der Waals surface area contributed by atoms with Crippen molar-refractivity contribution in [2.75, 3.05) is 5.32 Å². The number of carbonyl (C=O) groups is 2. The van der Waals surface area contributed by atoms with E-state index in [1.165, 1.54) is 24.3 Å². The van der Waals surface area contributed by atoms with Crippen LogP contribution in [0.15, 0.2) is 47.3 Å². The highest BCUT2D eigenvalue weighted by molar-refractivity contribution is 6.04. The maximum atomic E-state index is 13.1. The monoisotopic (exact) mass is 354 g/mol. The van der Waals surface area contributed by atoms with Gasteiger partial charge in [-0.15, -0.1) is 0 Å². The Hall–Kier alpha value is -3.55. The highest BCUT2D eigenvalue weighted by atomic mass is 19.1. The minimum Gasteiger partial charge on any atom is -0.364 e. The van der Waals surface area contributed by atoms with Gasteiger partial charge in [-0.1, -0.05) is 18.2 Å². The fourth-order valence-electron chi connectivity index (χ4n) is 2.62. The number of amides is 2. The van der Waals surface area contributed by atoms with Crippen molar-refractivity contribution in [2.45, 2.75) is 13.5 Å². The summed E-state index contributed by atoms with van der Waals surface area (Å²) in [6.45, 7) is 1.23. The van der Waals surface area contributed by atoms with Crippen LogP contribution in [0, 0.1) is 12.7 Å². The van der Waals surface area contributed by atoms with Gasteiger partial charge < -0.3 is 11.1 Å². The topological polar surface area (TPSA) is 107 Å². The van der Waals surface area contributed by atoms with Gasteiger partial charge in [0.25, 0.3) is 11.5 Å². The smallest absolute Gasteiger partial charge is 0.275 e. The third-order valence-electron chi connectivity index (χ3n) is 3.86. The minimum absolute atomic E-state index is 0.0917. The van der Waals surface area contributed by atoms with Crippen molar-refractivity contribution >= 4 is 28.3 Å². The summed E-state index contributed by atoms with van der Waals surface area (Å²) in [7, 11) is 0. The summed E-state index contributed by atoms with van der Waals surface area (Å²) in [5.74, 6) is -1.76. The van der Waals surface area contributed by atoms with Crippen molar-refractivity contribution in [3.05, 3.63) is 69.9 Å². The lowest BCUT2D eigenvalue weighted by Gasteiger charge is -2.11. The number of benzene rings is 2. The van der Waals surface area contributed by atoms with Gasteiger partial charge in [0.05, 0.1) is 5.39 Å². The quantitative estimate of drug-likeness (QED) is 0.742. The molecule has 26 heavy (non-hydrogen) atoms. The Morgan fingerprint density at radius 1 is 1.19 bits per heavy atom. The number of fused-ring (bicyclic) bond motifs is 1. The van der Waals surface area contributed by atoms with E-state index in [2.05, 4.69) is 10.4 Å². The van der Waals surface area contributed by atoms with Crippen molar-refractivity contribution in [3.8, 4) is 0 Å². The Labute approximate surface area is 147 Å². The number of nitrogens with zero attached hydrogens (tertiary/aromatic N) is 2. The molecule has 3 aromatic rings. The number of nitrogens with two attached hydrogens (primary N) is 1. The van der Waals surface area contributed by atoms with Gasteiger partial charge in [-0.05, 0) is 36.8 Å². The number of halogens is 1. The van der Waals surface area contributed by atoms with Crippen LogP contribution in [0.3, 0.4) is 0 Å². The number of aromatic nitrogens is 2. The molecule has 7 nitrogen and oxygen atoms in total. The van der Waals surface area contributed by atoms with E-state index < -0.39 is 29.7 Å². The molecule has 0 atom stereocenters. The zero-order valence-corrected chi connectivity index (χ0v) is 13.8. The van der Waals surface area contributed by atoms with Crippen molar-refractivity contribution < 1.29 is 14.0 Å². The Morgan fingerprint density at radius 3 is 2.54 bits per heavy atom. The van der Waals surface area contributed by atoms with Crippen LogP contribution < -0.4 is 16.6 Å². The molecule has 0 aliphatic rings. The fraction of sp³-hybridized carbons (Fsp3) is 0.111. The van der Waals surface area contributed by atoms with Crippen molar-refractivity contribution in [1.82, 2.24) is 9.78 Å². The Bertz CT molecular complexity index is 1090. The molecule has 3 rings (SSSR count). The molecule has 1 heterocycles. The second kappa shape index (κ2) is 6.75. The molecule has 0 saturated carbocycles. The molecule has 0 fully saturated rings. The SMILES string of the molecule is Cc1cc(F)ccc1NC(=O)Cn1nc(C(N)=O)c2ccccc2c1=O. The van der Waals surface area contributed by atoms with E-state index in [1.807, 2.05) is 0 Å². The number of hydrogen-bond donors (Lipinski definition) is 2. The molecule has 2 aromatic carbocycles. The lowest BCUT2D eigenvalue weighted by Crippen LogP contribution is -2.32. The molecule has 8 heteroatoms. The van der Waals surface area contributed by atoms with E-state index in [0.717, 1.165) is 4.68 Å². The van der Waals surface area contributed by atoms with Gasteiger partial charge >= 0.3 is 0 Å².